The number of amides is 1. The largest absolute Gasteiger partial charge is 0.336 e. The molecule has 19 heavy (non-hydrogen) atoms. The van der Waals surface area contributed by atoms with E-state index in [1.165, 1.54) is 16.9 Å². The van der Waals surface area contributed by atoms with Gasteiger partial charge in [-0.1, -0.05) is 36.4 Å². The Labute approximate surface area is 116 Å². The minimum Gasteiger partial charge on any atom is -0.336 e. The van der Waals surface area contributed by atoms with E-state index in [-0.39, 0.29) is 17.9 Å². The van der Waals surface area contributed by atoms with Gasteiger partial charge in [0.25, 0.3) is 5.91 Å². The maximum absolute atomic E-state index is 12.3. The molecule has 0 radical (unpaired) electrons. The molecule has 1 aromatic carbocycles. The fourth-order valence-electron chi connectivity index (χ4n) is 2.60. The van der Waals surface area contributed by atoms with Gasteiger partial charge in [0.05, 0.1) is 4.88 Å². The van der Waals surface area contributed by atoms with Gasteiger partial charge in [-0.3, -0.25) is 4.79 Å². The van der Waals surface area contributed by atoms with Gasteiger partial charge < -0.3 is 10.6 Å². The van der Waals surface area contributed by atoms with Crippen molar-refractivity contribution in [3.8, 4) is 0 Å². The molecular weight excluding hydrogens is 256 g/mol. The molecule has 1 aliphatic heterocycles. The molecule has 3 rings (SSSR count). The number of carbonyl (C=O) groups is 1. The molecule has 4 heteroatoms. The van der Waals surface area contributed by atoms with Crippen molar-refractivity contribution in [3.63, 3.8) is 0 Å². The van der Waals surface area contributed by atoms with E-state index >= 15 is 0 Å². The first kappa shape index (κ1) is 12.4. The van der Waals surface area contributed by atoms with Gasteiger partial charge in [-0.25, -0.2) is 0 Å². The number of benzene rings is 1. The van der Waals surface area contributed by atoms with Crippen molar-refractivity contribution in [2.24, 2.45) is 5.73 Å². The lowest BCUT2D eigenvalue weighted by molar-refractivity contribution is 0.0794. The van der Waals surface area contributed by atoms with Crippen molar-refractivity contribution < 1.29 is 4.79 Å². The highest BCUT2D eigenvalue weighted by molar-refractivity contribution is 7.12. The molecule has 0 bridgehead atoms. The van der Waals surface area contributed by atoms with Crippen LogP contribution in [0, 0.1) is 0 Å². The molecule has 1 aliphatic rings. The number of likely N-dealkylation sites (tertiary alicyclic amines) is 1. The number of hydrogen-bond acceptors (Lipinski definition) is 3. The molecule has 2 heterocycles. The van der Waals surface area contributed by atoms with E-state index in [1.54, 1.807) is 0 Å². The molecular formula is C15H16N2OS. The highest BCUT2D eigenvalue weighted by Crippen LogP contribution is 2.27. The molecule has 1 fully saturated rings. The SMILES string of the molecule is N[C@@H]1CN(C(=O)c2cccs2)C[C@H]1c1ccccc1. The van der Waals surface area contributed by atoms with Crippen LogP contribution in [-0.2, 0) is 0 Å². The Morgan fingerprint density at radius 3 is 2.63 bits per heavy atom. The highest BCUT2D eigenvalue weighted by atomic mass is 32.1. The Kier molecular flexibility index (Phi) is 3.36. The summed E-state index contributed by atoms with van der Waals surface area (Å²) >= 11 is 1.48. The standard InChI is InChI=1S/C15H16N2OS/c16-13-10-17(15(18)14-7-4-8-19-14)9-12(13)11-5-2-1-3-6-11/h1-8,12-13H,9-10,16H2/t12-,13+/m0/s1. The predicted octanol–water partition coefficient (Wildman–Crippen LogP) is 2.32. The number of nitrogens with zero attached hydrogens (tertiary/aromatic N) is 1. The number of thiophene rings is 1. The zero-order chi connectivity index (χ0) is 13.2. The van der Waals surface area contributed by atoms with Crippen molar-refractivity contribution in [2.75, 3.05) is 13.1 Å². The molecule has 2 N–H and O–H groups in total. The van der Waals surface area contributed by atoms with Crippen LogP contribution in [-0.4, -0.2) is 29.9 Å². The second-order valence-electron chi connectivity index (χ2n) is 4.87. The predicted molar refractivity (Wildman–Crippen MR) is 77.4 cm³/mol. The number of hydrogen-bond donors (Lipinski definition) is 1. The smallest absolute Gasteiger partial charge is 0.263 e. The van der Waals surface area contributed by atoms with Crippen LogP contribution >= 0.6 is 11.3 Å². The van der Waals surface area contributed by atoms with Gasteiger partial charge in [0.1, 0.15) is 0 Å². The summed E-state index contributed by atoms with van der Waals surface area (Å²) in [5.74, 6) is 0.342. The maximum Gasteiger partial charge on any atom is 0.263 e. The van der Waals surface area contributed by atoms with Crippen molar-refractivity contribution in [1.29, 1.82) is 0 Å². The number of rotatable bonds is 2. The van der Waals surface area contributed by atoms with Crippen molar-refractivity contribution >= 4 is 17.2 Å². The normalized spacial score (nSPS) is 22.7. The molecule has 0 spiro atoms. The van der Waals surface area contributed by atoms with E-state index < -0.39 is 0 Å². The molecule has 3 nitrogen and oxygen atoms in total. The van der Waals surface area contributed by atoms with Crippen LogP contribution in [0.2, 0.25) is 0 Å². The second kappa shape index (κ2) is 5.15. The average Bonchev–Trinajstić information content (AvgIpc) is 3.08. The molecule has 2 atom stereocenters. The van der Waals surface area contributed by atoms with Crippen LogP contribution < -0.4 is 5.73 Å². The summed E-state index contributed by atoms with van der Waals surface area (Å²) in [7, 11) is 0. The summed E-state index contributed by atoms with van der Waals surface area (Å²) < 4.78 is 0. The van der Waals surface area contributed by atoms with E-state index in [2.05, 4.69) is 12.1 Å². The lowest BCUT2D eigenvalue weighted by Crippen LogP contribution is -2.31. The Morgan fingerprint density at radius 2 is 1.95 bits per heavy atom. The Balaban J connectivity index is 1.77. The molecule has 1 aromatic heterocycles. The van der Waals surface area contributed by atoms with Crippen LogP contribution in [0.4, 0.5) is 0 Å². The first-order chi connectivity index (χ1) is 9.25. The molecule has 0 aliphatic carbocycles. The van der Waals surface area contributed by atoms with Crippen LogP contribution in [0.15, 0.2) is 47.8 Å². The number of nitrogens with two attached hydrogens (primary N) is 1. The summed E-state index contributed by atoms with van der Waals surface area (Å²) in [5, 5.41) is 1.93. The Bertz CT molecular complexity index is 553. The van der Waals surface area contributed by atoms with Crippen LogP contribution in [0.5, 0.6) is 0 Å². The maximum atomic E-state index is 12.3. The van der Waals surface area contributed by atoms with Gasteiger partial charge in [-0.05, 0) is 17.0 Å². The third kappa shape index (κ3) is 2.41. The van der Waals surface area contributed by atoms with E-state index in [0.29, 0.717) is 13.1 Å². The lowest BCUT2D eigenvalue weighted by atomic mass is 9.95. The van der Waals surface area contributed by atoms with Crippen molar-refractivity contribution in [2.45, 2.75) is 12.0 Å². The molecule has 0 saturated carbocycles. The molecule has 0 unspecified atom stereocenters. The molecule has 1 saturated heterocycles. The Morgan fingerprint density at radius 1 is 1.16 bits per heavy atom. The van der Waals surface area contributed by atoms with Crippen LogP contribution in [0.1, 0.15) is 21.2 Å². The monoisotopic (exact) mass is 272 g/mol. The van der Waals surface area contributed by atoms with E-state index in [4.69, 9.17) is 5.73 Å². The summed E-state index contributed by atoms with van der Waals surface area (Å²) in [5.41, 5.74) is 7.42. The van der Waals surface area contributed by atoms with Gasteiger partial charge in [0.15, 0.2) is 0 Å². The van der Waals surface area contributed by atoms with Gasteiger partial charge in [-0.15, -0.1) is 11.3 Å². The quantitative estimate of drug-likeness (QED) is 0.912. The molecule has 98 valence electrons. The van der Waals surface area contributed by atoms with Crippen molar-refractivity contribution in [3.05, 3.63) is 58.3 Å². The van der Waals surface area contributed by atoms with Gasteiger partial charge in [-0.2, -0.15) is 0 Å². The van der Waals surface area contributed by atoms with Gasteiger partial charge in [0, 0.05) is 25.0 Å². The van der Waals surface area contributed by atoms with Crippen LogP contribution in [0.25, 0.3) is 0 Å². The fourth-order valence-corrected chi connectivity index (χ4v) is 3.29. The molecule has 2 aromatic rings. The lowest BCUT2D eigenvalue weighted by Gasteiger charge is -2.15. The Hall–Kier alpha value is -1.65. The zero-order valence-corrected chi connectivity index (χ0v) is 11.3. The third-order valence-corrected chi connectivity index (χ3v) is 4.47. The summed E-state index contributed by atoms with van der Waals surface area (Å²) in [4.78, 5) is 15.0. The van der Waals surface area contributed by atoms with E-state index in [9.17, 15) is 4.79 Å². The van der Waals surface area contributed by atoms with E-state index in [1.807, 2.05) is 40.6 Å². The summed E-state index contributed by atoms with van der Waals surface area (Å²) in [6, 6.07) is 14.0. The highest BCUT2D eigenvalue weighted by Gasteiger charge is 2.34. The van der Waals surface area contributed by atoms with Crippen molar-refractivity contribution in [1.82, 2.24) is 4.90 Å². The minimum absolute atomic E-state index is 0.0197. The fraction of sp³-hybridized carbons (Fsp3) is 0.267. The van der Waals surface area contributed by atoms with Gasteiger partial charge >= 0.3 is 0 Å². The third-order valence-electron chi connectivity index (χ3n) is 3.61. The topological polar surface area (TPSA) is 46.3 Å². The first-order valence-corrected chi connectivity index (χ1v) is 7.27. The first-order valence-electron chi connectivity index (χ1n) is 6.39. The van der Waals surface area contributed by atoms with E-state index in [0.717, 1.165) is 4.88 Å². The second-order valence-corrected chi connectivity index (χ2v) is 5.82. The molecule has 1 amide bonds. The summed E-state index contributed by atoms with van der Waals surface area (Å²) in [6.45, 7) is 1.35. The average molecular weight is 272 g/mol. The van der Waals surface area contributed by atoms with Crippen LogP contribution in [0.3, 0.4) is 0 Å². The van der Waals surface area contributed by atoms with Gasteiger partial charge in [0.2, 0.25) is 0 Å². The summed E-state index contributed by atoms with van der Waals surface area (Å²) in [6.07, 6.45) is 0. The zero-order valence-electron chi connectivity index (χ0n) is 10.5. The minimum atomic E-state index is 0.0197. The number of carbonyl (C=O) groups excluding carboxylic acids is 1.